The first kappa shape index (κ1) is 18.0. The molecule has 0 bridgehead atoms. The van der Waals surface area contributed by atoms with E-state index in [0.29, 0.717) is 22.8 Å². The van der Waals surface area contributed by atoms with Crippen molar-refractivity contribution in [2.45, 2.75) is 20.1 Å². The molecule has 4 N–H and O–H groups in total. The highest BCUT2D eigenvalue weighted by Crippen LogP contribution is 2.41. The number of aliphatic hydroxyl groups is 1. The summed E-state index contributed by atoms with van der Waals surface area (Å²) in [4.78, 5) is 24.7. The summed E-state index contributed by atoms with van der Waals surface area (Å²) in [5.74, 6) is 0.0722. The Kier molecular flexibility index (Phi) is 5.72. The lowest BCUT2D eigenvalue weighted by atomic mass is 10.0. The first-order valence-corrected chi connectivity index (χ1v) is 10.7. The molecule has 2 aliphatic heterocycles. The third-order valence-corrected chi connectivity index (χ3v) is 7.98. The predicted molar refractivity (Wildman–Crippen MR) is 94.2 cm³/mol. The van der Waals surface area contributed by atoms with Crippen LogP contribution in [0, 0.1) is 0 Å². The van der Waals surface area contributed by atoms with Gasteiger partial charge in [0.2, 0.25) is 5.91 Å². The van der Waals surface area contributed by atoms with Gasteiger partial charge in [0.1, 0.15) is 17.1 Å². The van der Waals surface area contributed by atoms with Crippen LogP contribution in [0.1, 0.15) is 0 Å². The molecule has 1 fully saturated rings. The number of carbonyl (C=O) groups excluding carboxylic acids is 1. The number of thioether (sulfide) groups is 3. The molecule has 1 unspecified atom stereocenters. The van der Waals surface area contributed by atoms with Crippen molar-refractivity contribution in [3.05, 3.63) is 11.3 Å². The third kappa shape index (κ3) is 3.44. The molecule has 2 aliphatic rings. The lowest BCUT2D eigenvalue weighted by molar-refractivity contribution is -0.147. The smallest absolute Gasteiger partial charge is 0.352 e. The minimum absolute atomic E-state index is 0.0531. The van der Waals surface area contributed by atoms with Gasteiger partial charge in [0.15, 0.2) is 8.68 Å². The Morgan fingerprint density at radius 2 is 2.08 bits per heavy atom. The fourth-order valence-electron chi connectivity index (χ4n) is 2.29. The Morgan fingerprint density at radius 3 is 2.75 bits per heavy atom. The number of carboxylic acid groups (broad SMARTS) is 1. The number of aromatic nitrogens is 2. The van der Waals surface area contributed by atoms with Crippen LogP contribution in [0.3, 0.4) is 0 Å². The average Bonchev–Trinajstić information content (AvgIpc) is 3.04. The fourth-order valence-corrected chi connectivity index (χ4v) is 6.55. The topological polar surface area (TPSA) is 130 Å². The van der Waals surface area contributed by atoms with E-state index in [1.807, 2.05) is 0 Å². The van der Waals surface area contributed by atoms with Crippen molar-refractivity contribution >= 4 is 58.5 Å². The van der Waals surface area contributed by atoms with Gasteiger partial charge in [-0.3, -0.25) is 9.69 Å². The molecule has 2 atom stereocenters. The van der Waals surface area contributed by atoms with Gasteiger partial charge < -0.3 is 15.9 Å². The van der Waals surface area contributed by atoms with Gasteiger partial charge in [-0.25, -0.2) is 4.79 Å². The van der Waals surface area contributed by atoms with Crippen molar-refractivity contribution < 1.29 is 19.8 Å². The van der Waals surface area contributed by atoms with Crippen molar-refractivity contribution in [3.63, 3.8) is 0 Å². The van der Waals surface area contributed by atoms with E-state index in [2.05, 4.69) is 10.2 Å². The van der Waals surface area contributed by atoms with Crippen molar-refractivity contribution in [1.29, 1.82) is 0 Å². The molecule has 0 saturated carbocycles. The van der Waals surface area contributed by atoms with Crippen molar-refractivity contribution in [1.82, 2.24) is 15.1 Å². The van der Waals surface area contributed by atoms with Crippen LogP contribution in [0.4, 0.5) is 0 Å². The van der Waals surface area contributed by atoms with E-state index >= 15 is 0 Å². The van der Waals surface area contributed by atoms with Crippen LogP contribution < -0.4 is 5.73 Å². The summed E-state index contributed by atoms with van der Waals surface area (Å²) in [7, 11) is 0. The number of fused-ring (bicyclic) bond motifs is 1. The standard InChI is InChI=1S/C12H14N4O4S4/c13-6-8(18)16-7(10(19)20)5(3-22-9(6)16)4-23-12-15-14-11(24-12)21-2-1-17/h6,9,17H,1-4,13H2,(H,19,20)/t6?,9-/m1/s1. The molecule has 0 aliphatic carbocycles. The van der Waals surface area contributed by atoms with E-state index in [9.17, 15) is 14.7 Å². The molecule has 0 aromatic carbocycles. The van der Waals surface area contributed by atoms with Gasteiger partial charge in [-0.15, -0.1) is 22.0 Å². The Labute approximate surface area is 154 Å². The van der Waals surface area contributed by atoms with Crippen molar-refractivity contribution in [2.75, 3.05) is 23.9 Å². The number of amides is 1. The number of nitrogens with zero attached hydrogens (tertiary/aromatic N) is 3. The van der Waals surface area contributed by atoms with Crippen molar-refractivity contribution in [3.8, 4) is 0 Å². The Morgan fingerprint density at radius 1 is 1.38 bits per heavy atom. The zero-order chi connectivity index (χ0) is 17.3. The normalized spacial score (nSPS) is 23.2. The SMILES string of the molecule is NC1C(=O)N2C(C(=O)O)=C(CSc3nnc(SCCO)s3)CS[C@H]12. The maximum absolute atomic E-state index is 11.9. The molecule has 8 nitrogen and oxygen atoms in total. The van der Waals surface area contributed by atoms with Crippen LogP contribution >= 0.6 is 46.6 Å². The summed E-state index contributed by atoms with van der Waals surface area (Å²) in [6.07, 6.45) is 0. The number of hydrogen-bond donors (Lipinski definition) is 3. The van der Waals surface area contributed by atoms with E-state index in [1.54, 1.807) is 0 Å². The van der Waals surface area contributed by atoms with E-state index in [4.69, 9.17) is 10.8 Å². The zero-order valence-corrected chi connectivity index (χ0v) is 15.5. The van der Waals surface area contributed by atoms with Gasteiger partial charge in [0.25, 0.3) is 0 Å². The number of hydrogen-bond acceptors (Lipinski definition) is 10. The number of β-lactam (4-membered cyclic amide) rings is 1. The molecule has 0 spiro atoms. The van der Waals surface area contributed by atoms with Gasteiger partial charge >= 0.3 is 5.97 Å². The molecule has 3 rings (SSSR count). The Bertz CT molecular complexity index is 694. The van der Waals surface area contributed by atoms with E-state index in [1.165, 1.54) is 51.5 Å². The summed E-state index contributed by atoms with van der Waals surface area (Å²) in [5, 5.41) is 26.1. The van der Waals surface area contributed by atoms with Gasteiger partial charge in [-0.1, -0.05) is 34.9 Å². The molecule has 24 heavy (non-hydrogen) atoms. The minimum atomic E-state index is -1.10. The van der Waals surface area contributed by atoms with Crippen LogP contribution in [-0.2, 0) is 9.59 Å². The summed E-state index contributed by atoms with van der Waals surface area (Å²) >= 11 is 5.71. The zero-order valence-electron chi connectivity index (χ0n) is 12.2. The molecule has 0 radical (unpaired) electrons. The monoisotopic (exact) mass is 406 g/mol. The number of aliphatic hydroxyl groups excluding tert-OH is 1. The average molecular weight is 407 g/mol. The third-order valence-electron chi connectivity index (χ3n) is 3.37. The molecule has 1 aromatic heterocycles. The highest BCUT2D eigenvalue weighted by atomic mass is 32.2. The maximum atomic E-state index is 11.9. The van der Waals surface area contributed by atoms with Gasteiger partial charge in [0.05, 0.1) is 6.61 Å². The first-order chi connectivity index (χ1) is 11.5. The first-order valence-electron chi connectivity index (χ1n) is 6.88. The highest BCUT2D eigenvalue weighted by molar-refractivity contribution is 8.03. The highest BCUT2D eigenvalue weighted by Gasteiger charge is 2.51. The molecule has 12 heteroatoms. The quantitative estimate of drug-likeness (QED) is 0.429. The second-order valence-electron chi connectivity index (χ2n) is 4.89. The van der Waals surface area contributed by atoms with Gasteiger partial charge in [0, 0.05) is 17.3 Å². The van der Waals surface area contributed by atoms with E-state index in [-0.39, 0.29) is 23.6 Å². The number of rotatable bonds is 7. The lowest BCUT2D eigenvalue weighted by Crippen LogP contribution is -2.68. The fraction of sp³-hybridized carbons (Fsp3) is 0.500. The van der Waals surface area contributed by atoms with Crippen LogP contribution in [0.15, 0.2) is 19.9 Å². The molecule has 3 heterocycles. The van der Waals surface area contributed by atoms with Crippen LogP contribution in [0.25, 0.3) is 0 Å². The Balaban J connectivity index is 1.70. The summed E-state index contributed by atoms with van der Waals surface area (Å²) in [5.41, 5.74) is 6.46. The Hall–Kier alpha value is -0.790. The molecule has 1 saturated heterocycles. The molecule has 130 valence electrons. The minimum Gasteiger partial charge on any atom is -0.477 e. The molecular weight excluding hydrogens is 392 g/mol. The number of carboxylic acids is 1. The van der Waals surface area contributed by atoms with Crippen LogP contribution in [0.2, 0.25) is 0 Å². The second kappa shape index (κ2) is 7.62. The summed E-state index contributed by atoms with van der Waals surface area (Å²) < 4.78 is 1.49. The summed E-state index contributed by atoms with van der Waals surface area (Å²) in [6.45, 7) is 0.0754. The molecular formula is C12H14N4O4S4. The maximum Gasteiger partial charge on any atom is 0.352 e. The largest absolute Gasteiger partial charge is 0.477 e. The van der Waals surface area contributed by atoms with Crippen LogP contribution in [0.5, 0.6) is 0 Å². The lowest BCUT2D eigenvalue weighted by Gasteiger charge is -2.48. The van der Waals surface area contributed by atoms with E-state index in [0.717, 1.165) is 8.68 Å². The number of carbonyl (C=O) groups is 2. The van der Waals surface area contributed by atoms with Crippen LogP contribution in [-0.4, -0.2) is 72.5 Å². The van der Waals surface area contributed by atoms with Crippen molar-refractivity contribution in [2.24, 2.45) is 5.73 Å². The molecule has 1 aromatic rings. The number of aliphatic carboxylic acids is 1. The summed E-state index contributed by atoms with van der Waals surface area (Å²) in [6, 6.07) is -0.618. The second-order valence-corrected chi connectivity index (χ2v) is 9.53. The number of nitrogens with two attached hydrogens (primary N) is 1. The van der Waals surface area contributed by atoms with E-state index < -0.39 is 12.0 Å². The predicted octanol–water partition coefficient (Wildman–Crippen LogP) is 0.296. The van der Waals surface area contributed by atoms with Gasteiger partial charge in [-0.2, -0.15) is 0 Å². The van der Waals surface area contributed by atoms with Gasteiger partial charge in [-0.05, 0) is 5.57 Å². The molecule has 1 amide bonds.